The van der Waals surface area contributed by atoms with Crippen molar-refractivity contribution >= 4 is 17.8 Å². The number of hydrogen-bond acceptors (Lipinski definition) is 4. The summed E-state index contributed by atoms with van der Waals surface area (Å²) in [5.74, 6) is 2.35. The number of carbonyl (C=O) groups excluding carboxylic acids is 1. The van der Waals surface area contributed by atoms with E-state index in [0.29, 0.717) is 17.5 Å². The van der Waals surface area contributed by atoms with Crippen molar-refractivity contribution in [1.82, 2.24) is 10.2 Å². The third-order valence-electron chi connectivity index (χ3n) is 3.69. The van der Waals surface area contributed by atoms with Crippen LogP contribution in [0.5, 0.6) is 11.5 Å². The fraction of sp³-hybridized carbons (Fsp3) is 0.250. The van der Waals surface area contributed by atoms with Gasteiger partial charge in [-0.2, -0.15) is 5.10 Å². The number of aromatic nitrogens is 2. The maximum absolute atomic E-state index is 11.9. The second-order valence-corrected chi connectivity index (χ2v) is 5.42. The molecular weight excluding hydrogens is 282 g/mol. The molecule has 2 heterocycles. The van der Waals surface area contributed by atoms with E-state index >= 15 is 0 Å². The number of H-pyrrole nitrogens is 1. The highest BCUT2D eigenvalue weighted by molar-refractivity contribution is 6.01. The molecule has 0 radical (unpaired) electrons. The molecule has 2 aromatic rings. The lowest BCUT2D eigenvalue weighted by Crippen LogP contribution is -2.07. The molecule has 1 saturated carbocycles. The molecule has 0 saturated heterocycles. The van der Waals surface area contributed by atoms with Crippen LogP contribution in [0.25, 0.3) is 6.08 Å². The first-order valence-electron chi connectivity index (χ1n) is 7.22. The fourth-order valence-electron chi connectivity index (χ4n) is 2.36. The number of amides is 1. The van der Waals surface area contributed by atoms with Crippen molar-refractivity contribution in [1.29, 1.82) is 0 Å². The van der Waals surface area contributed by atoms with Crippen LogP contribution < -0.4 is 14.8 Å². The summed E-state index contributed by atoms with van der Waals surface area (Å²) in [5.41, 5.74) is 1.97. The number of anilines is 1. The van der Waals surface area contributed by atoms with E-state index in [-0.39, 0.29) is 12.7 Å². The highest BCUT2D eigenvalue weighted by Crippen LogP contribution is 2.39. The van der Waals surface area contributed by atoms with Crippen LogP contribution in [-0.4, -0.2) is 22.9 Å². The number of rotatable bonds is 4. The van der Waals surface area contributed by atoms with Crippen LogP contribution in [-0.2, 0) is 4.79 Å². The molecule has 0 unspecified atom stereocenters. The molecule has 1 aliphatic heterocycles. The molecule has 112 valence electrons. The second-order valence-electron chi connectivity index (χ2n) is 5.42. The molecule has 0 atom stereocenters. The van der Waals surface area contributed by atoms with E-state index in [0.717, 1.165) is 17.0 Å². The van der Waals surface area contributed by atoms with E-state index in [2.05, 4.69) is 15.5 Å². The summed E-state index contributed by atoms with van der Waals surface area (Å²) in [7, 11) is 0. The van der Waals surface area contributed by atoms with Crippen molar-refractivity contribution in [3.05, 3.63) is 41.6 Å². The molecule has 1 amide bonds. The van der Waals surface area contributed by atoms with Gasteiger partial charge in [-0.15, -0.1) is 0 Å². The number of fused-ring (bicyclic) bond motifs is 1. The quantitative estimate of drug-likeness (QED) is 0.851. The average molecular weight is 297 g/mol. The summed E-state index contributed by atoms with van der Waals surface area (Å²) in [6.45, 7) is 0.242. The SMILES string of the molecule is O=C(/C=C/c1ccc2c(c1)OCO2)Nc1cc(C2CC2)[nH]n1. The van der Waals surface area contributed by atoms with Crippen LogP contribution in [0.2, 0.25) is 0 Å². The van der Waals surface area contributed by atoms with E-state index in [4.69, 9.17) is 9.47 Å². The first-order valence-corrected chi connectivity index (χ1v) is 7.22. The van der Waals surface area contributed by atoms with E-state index in [1.807, 2.05) is 24.3 Å². The Morgan fingerprint density at radius 3 is 3.00 bits per heavy atom. The standard InChI is InChI=1S/C16H15N3O3/c20-16(17-15-8-12(18-19-15)11-3-4-11)6-2-10-1-5-13-14(7-10)22-9-21-13/h1-2,5-8,11H,3-4,9H2,(H2,17,18,19,20)/b6-2+. The molecule has 22 heavy (non-hydrogen) atoms. The Labute approximate surface area is 127 Å². The van der Waals surface area contributed by atoms with Gasteiger partial charge in [0.1, 0.15) is 0 Å². The predicted octanol–water partition coefficient (Wildman–Crippen LogP) is 2.67. The van der Waals surface area contributed by atoms with Crippen molar-refractivity contribution in [2.24, 2.45) is 0 Å². The van der Waals surface area contributed by atoms with Gasteiger partial charge in [0.15, 0.2) is 17.3 Å². The molecule has 2 N–H and O–H groups in total. The van der Waals surface area contributed by atoms with E-state index in [9.17, 15) is 4.79 Å². The molecule has 2 aliphatic rings. The predicted molar refractivity (Wildman–Crippen MR) is 80.8 cm³/mol. The minimum Gasteiger partial charge on any atom is -0.454 e. The molecule has 1 aromatic heterocycles. The smallest absolute Gasteiger partial charge is 0.249 e. The number of nitrogens with one attached hydrogen (secondary N) is 2. The molecule has 4 rings (SSSR count). The molecule has 6 heteroatoms. The van der Waals surface area contributed by atoms with Crippen molar-refractivity contribution < 1.29 is 14.3 Å². The molecule has 0 bridgehead atoms. The van der Waals surface area contributed by atoms with Gasteiger partial charge in [-0.05, 0) is 36.6 Å². The average Bonchev–Trinajstić information content (AvgIpc) is 3.08. The van der Waals surface area contributed by atoms with Gasteiger partial charge in [-0.3, -0.25) is 9.89 Å². The zero-order valence-electron chi connectivity index (χ0n) is 11.8. The first kappa shape index (κ1) is 12.9. The van der Waals surface area contributed by atoms with Gasteiger partial charge in [-0.1, -0.05) is 6.07 Å². The summed E-state index contributed by atoms with van der Waals surface area (Å²) in [6, 6.07) is 7.43. The highest BCUT2D eigenvalue weighted by Gasteiger charge is 2.25. The van der Waals surface area contributed by atoms with Gasteiger partial charge in [0.2, 0.25) is 12.7 Å². The van der Waals surface area contributed by atoms with Gasteiger partial charge in [0.25, 0.3) is 0 Å². The van der Waals surface area contributed by atoms with Gasteiger partial charge in [0, 0.05) is 23.8 Å². The van der Waals surface area contributed by atoms with Crippen LogP contribution in [0, 0.1) is 0 Å². The van der Waals surface area contributed by atoms with Gasteiger partial charge in [0.05, 0.1) is 0 Å². The number of carbonyl (C=O) groups is 1. The number of aromatic amines is 1. The van der Waals surface area contributed by atoms with E-state index < -0.39 is 0 Å². The van der Waals surface area contributed by atoms with Crippen molar-refractivity contribution in [2.45, 2.75) is 18.8 Å². The van der Waals surface area contributed by atoms with Crippen LogP contribution in [0.4, 0.5) is 5.82 Å². The Bertz CT molecular complexity index is 747. The van der Waals surface area contributed by atoms with Crippen molar-refractivity contribution in [3.8, 4) is 11.5 Å². The minimum absolute atomic E-state index is 0.216. The third kappa shape index (κ3) is 2.67. The normalized spacial score (nSPS) is 16.2. The summed E-state index contributed by atoms with van der Waals surface area (Å²) in [4.78, 5) is 11.9. The van der Waals surface area contributed by atoms with Crippen LogP contribution in [0.1, 0.15) is 30.0 Å². The maximum Gasteiger partial charge on any atom is 0.249 e. The Kier molecular flexibility index (Phi) is 3.07. The highest BCUT2D eigenvalue weighted by atomic mass is 16.7. The Balaban J connectivity index is 1.40. The number of hydrogen-bond donors (Lipinski definition) is 2. The number of benzene rings is 1. The van der Waals surface area contributed by atoms with Gasteiger partial charge >= 0.3 is 0 Å². The molecule has 1 aromatic carbocycles. The Morgan fingerprint density at radius 2 is 2.14 bits per heavy atom. The lowest BCUT2D eigenvalue weighted by atomic mass is 10.2. The Hall–Kier alpha value is -2.76. The lowest BCUT2D eigenvalue weighted by molar-refractivity contribution is -0.111. The molecular formula is C16H15N3O3. The molecule has 0 spiro atoms. The second kappa shape index (κ2) is 5.22. The zero-order valence-corrected chi connectivity index (χ0v) is 11.8. The van der Waals surface area contributed by atoms with Crippen LogP contribution in [0.3, 0.4) is 0 Å². The third-order valence-corrected chi connectivity index (χ3v) is 3.69. The first-order chi connectivity index (χ1) is 10.8. The molecule has 1 aliphatic carbocycles. The number of ether oxygens (including phenoxy) is 2. The summed E-state index contributed by atoms with van der Waals surface area (Å²) >= 11 is 0. The maximum atomic E-state index is 11.9. The summed E-state index contributed by atoms with van der Waals surface area (Å²) in [5, 5.41) is 9.79. The number of nitrogens with zero attached hydrogens (tertiary/aromatic N) is 1. The fourth-order valence-corrected chi connectivity index (χ4v) is 2.36. The monoisotopic (exact) mass is 297 g/mol. The zero-order chi connectivity index (χ0) is 14.9. The Morgan fingerprint density at radius 1 is 1.27 bits per heavy atom. The largest absolute Gasteiger partial charge is 0.454 e. The lowest BCUT2D eigenvalue weighted by Gasteiger charge is -1.98. The summed E-state index contributed by atoms with van der Waals surface area (Å²) in [6.07, 6.45) is 5.59. The van der Waals surface area contributed by atoms with E-state index in [1.54, 1.807) is 6.08 Å². The molecule has 1 fully saturated rings. The van der Waals surface area contributed by atoms with Gasteiger partial charge in [-0.25, -0.2) is 0 Å². The minimum atomic E-state index is -0.216. The van der Waals surface area contributed by atoms with Gasteiger partial charge < -0.3 is 14.8 Å². The topological polar surface area (TPSA) is 76.2 Å². The van der Waals surface area contributed by atoms with Crippen LogP contribution in [0.15, 0.2) is 30.3 Å². The van der Waals surface area contributed by atoms with Crippen molar-refractivity contribution in [3.63, 3.8) is 0 Å². The van der Waals surface area contributed by atoms with E-state index in [1.165, 1.54) is 18.9 Å². The summed E-state index contributed by atoms with van der Waals surface area (Å²) < 4.78 is 10.5. The molecule has 6 nitrogen and oxygen atoms in total. The van der Waals surface area contributed by atoms with Crippen LogP contribution >= 0.6 is 0 Å². The van der Waals surface area contributed by atoms with Crippen molar-refractivity contribution in [2.75, 3.05) is 12.1 Å².